The van der Waals surface area contributed by atoms with E-state index in [0.717, 1.165) is 23.8 Å². The molecule has 106 valence electrons. The Labute approximate surface area is 128 Å². The van der Waals surface area contributed by atoms with Crippen LogP contribution in [0.15, 0.2) is 54.6 Å². The van der Waals surface area contributed by atoms with Gasteiger partial charge in [0.2, 0.25) is 0 Å². The molecule has 0 bridgehead atoms. The second-order valence-electron chi connectivity index (χ2n) is 6.07. The van der Waals surface area contributed by atoms with Crippen LogP contribution in [0.4, 0.5) is 0 Å². The van der Waals surface area contributed by atoms with Crippen LogP contribution in [0.3, 0.4) is 0 Å². The fourth-order valence-electron chi connectivity index (χ4n) is 3.92. The Morgan fingerprint density at radius 3 is 2.50 bits per heavy atom. The number of fused-ring (bicyclic) bond motifs is 8. The van der Waals surface area contributed by atoms with Gasteiger partial charge in [-0.3, -0.25) is 4.79 Å². The van der Waals surface area contributed by atoms with Crippen LogP contribution in [0.1, 0.15) is 28.9 Å². The Bertz CT molecular complexity index is 1070. The lowest BCUT2D eigenvalue weighted by atomic mass is 9.90. The van der Waals surface area contributed by atoms with Crippen molar-refractivity contribution in [3.05, 3.63) is 65.9 Å². The number of rotatable bonds is 0. The SMILES string of the molecule is O=C1CCCc2c1c1ccccc1c1cc3ccccc3n21. The number of carbonyl (C=O) groups is 1. The Morgan fingerprint density at radius 2 is 1.59 bits per heavy atom. The monoisotopic (exact) mass is 285 g/mol. The zero-order valence-corrected chi connectivity index (χ0v) is 12.2. The predicted molar refractivity (Wildman–Crippen MR) is 89.7 cm³/mol. The van der Waals surface area contributed by atoms with Gasteiger partial charge in [0, 0.05) is 28.5 Å². The fraction of sp³-hybridized carbons (Fsp3) is 0.150. The first kappa shape index (κ1) is 12.0. The zero-order valence-electron chi connectivity index (χ0n) is 12.2. The molecule has 0 fully saturated rings. The van der Waals surface area contributed by atoms with E-state index in [4.69, 9.17) is 0 Å². The smallest absolute Gasteiger partial charge is 0.165 e. The first-order valence-electron chi connectivity index (χ1n) is 7.81. The summed E-state index contributed by atoms with van der Waals surface area (Å²) in [5, 5.41) is 3.52. The first-order valence-corrected chi connectivity index (χ1v) is 7.81. The van der Waals surface area contributed by atoms with Crippen molar-refractivity contribution in [3.8, 4) is 0 Å². The van der Waals surface area contributed by atoms with Crippen LogP contribution in [-0.4, -0.2) is 10.2 Å². The average molecular weight is 285 g/mol. The van der Waals surface area contributed by atoms with Crippen LogP contribution in [-0.2, 0) is 6.42 Å². The van der Waals surface area contributed by atoms with Crippen LogP contribution >= 0.6 is 0 Å². The maximum absolute atomic E-state index is 12.6. The lowest BCUT2D eigenvalue weighted by molar-refractivity contribution is 0.0973. The summed E-state index contributed by atoms with van der Waals surface area (Å²) in [4.78, 5) is 12.6. The number of nitrogens with zero attached hydrogens (tertiary/aromatic N) is 1. The minimum absolute atomic E-state index is 0.289. The van der Waals surface area contributed by atoms with E-state index in [0.29, 0.717) is 6.42 Å². The van der Waals surface area contributed by atoms with Gasteiger partial charge < -0.3 is 4.40 Å². The van der Waals surface area contributed by atoms with E-state index in [9.17, 15) is 4.79 Å². The number of pyridine rings is 1. The van der Waals surface area contributed by atoms with Crippen LogP contribution in [0, 0.1) is 0 Å². The molecule has 0 amide bonds. The largest absolute Gasteiger partial charge is 0.312 e. The number of ketones is 1. The number of para-hydroxylation sites is 1. The molecule has 0 radical (unpaired) electrons. The van der Waals surface area contributed by atoms with Crippen molar-refractivity contribution < 1.29 is 4.79 Å². The second-order valence-corrected chi connectivity index (χ2v) is 6.07. The quantitative estimate of drug-likeness (QED) is 0.456. The van der Waals surface area contributed by atoms with E-state index in [2.05, 4.69) is 52.9 Å². The third-order valence-electron chi connectivity index (χ3n) is 4.84. The van der Waals surface area contributed by atoms with Crippen LogP contribution < -0.4 is 0 Å². The molecule has 2 heteroatoms. The number of benzene rings is 2. The van der Waals surface area contributed by atoms with Crippen LogP contribution in [0.2, 0.25) is 0 Å². The molecule has 4 aromatic rings. The molecule has 2 heterocycles. The lowest BCUT2D eigenvalue weighted by Crippen LogP contribution is -2.15. The molecule has 22 heavy (non-hydrogen) atoms. The van der Waals surface area contributed by atoms with E-state index in [1.165, 1.54) is 27.5 Å². The number of aryl methyl sites for hydroxylation is 1. The van der Waals surface area contributed by atoms with Gasteiger partial charge in [-0.05, 0) is 30.4 Å². The maximum atomic E-state index is 12.6. The molecule has 0 N–H and O–H groups in total. The number of hydrogen-bond donors (Lipinski definition) is 0. The Kier molecular flexibility index (Phi) is 2.29. The summed E-state index contributed by atoms with van der Waals surface area (Å²) in [6, 6.07) is 19.0. The Hall–Kier alpha value is -2.61. The van der Waals surface area contributed by atoms with Crippen molar-refractivity contribution in [3.63, 3.8) is 0 Å². The topological polar surface area (TPSA) is 21.5 Å². The van der Waals surface area contributed by atoms with Gasteiger partial charge in [-0.15, -0.1) is 0 Å². The van der Waals surface area contributed by atoms with E-state index in [1.807, 2.05) is 6.07 Å². The highest BCUT2D eigenvalue weighted by molar-refractivity contribution is 6.15. The van der Waals surface area contributed by atoms with Crippen LogP contribution in [0.25, 0.3) is 27.2 Å². The number of Topliss-reactive ketones (excluding diaryl/α,β-unsaturated/α-hetero) is 1. The zero-order chi connectivity index (χ0) is 14.7. The number of hydrogen-bond acceptors (Lipinski definition) is 1. The first-order chi connectivity index (χ1) is 10.8. The van der Waals surface area contributed by atoms with Gasteiger partial charge in [-0.2, -0.15) is 0 Å². The van der Waals surface area contributed by atoms with Gasteiger partial charge in [-0.1, -0.05) is 42.5 Å². The summed E-state index contributed by atoms with van der Waals surface area (Å²) in [6.45, 7) is 0. The summed E-state index contributed by atoms with van der Waals surface area (Å²) in [5.74, 6) is 0.289. The van der Waals surface area contributed by atoms with E-state index in [-0.39, 0.29) is 5.78 Å². The van der Waals surface area contributed by atoms with Gasteiger partial charge in [0.25, 0.3) is 0 Å². The molecule has 5 rings (SSSR count). The molecular formula is C20H15NO. The van der Waals surface area contributed by atoms with Gasteiger partial charge >= 0.3 is 0 Å². The van der Waals surface area contributed by atoms with Crippen molar-refractivity contribution in [1.82, 2.24) is 4.40 Å². The molecule has 2 aromatic carbocycles. The molecule has 0 saturated carbocycles. The van der Waals surface area contributed by atoms with E-state index < -0.39 is 0 Å². The highest BCUT2D eigenvalue weighted by Crippen LogP contribution is 2.35. The van der Waals surface area contributed by atoms with Crippen LogP contribution in [0.5, 0.6) is 0 Å². The summed E-state index contributed by atoms with van der Waals surface area (Å²) in [7, 11) is 0. The standard InChI is InChI=1S/C20H15NO/c22-19-11-5-10-17-20(19)15-8-3-2-7-14(15)18-12-13-6-1-4-9-16(13)21(17)18/h1-4,6-9,12H,5,10-11H2. The Balaban J connectivity index is 2.14. The normalized spacial score (nSPS) is 14.8. The molecule has 0 aliphatic heterocycles. The molecule has 1 aliphatic rings. The maximum Gasteiger partial charge on any atom is 0.165 e. The van der Waals surface area contributed by atoms with E-state index >= 15 is 0 Å². The minimum atomic E-state index is 0.289. The Morgan fingerprint density at radius 1 is 0.818 bits per heavy atom. The second kappa shape index (κ2) is 4.20. The molecule has 2 nitrogen and oxygen atoms in total. The van der Waals surface area contributed by atoms with Crippen molar-refractivity contribution in [2.24, 2.45) is 0 Å². The van der Waals surface area contributed by atoms with Crippen molar-refractivity contribution in [2.75, 3.05) is 0 Å². The minimum Gasteiger partial charge on any atom is -0.312 e. The number of aromatic nitrogens is 1. The summed E-state index contributed by atoms with van der Waals surface area (Å²) in [6.07, 6.45) is 2.59. The molecule has 0 atom stereocenters. The average Bonchev–Trinajstić information content (AvgIpc) is 2.95. The third-order valence-corrected chi connectivity index (χ3v) is 4.84. The molecule has 2 aromatic heterocycles. The van der Waals surface area contributed by atoms with Gasteiger partial charge in [0.1, 0.15) is 0 Å². The molecule has 0 saturated heterocycles. The fourth-order valence-corrected chi connectivity index (χ4v) is 3.92. The molecule has 0 spiro atoms. The highest BCUT2D eigenvalue weighted by Gasteiger charge is 2.24. The third kappa shape index (κ3) is 1.42. The van der Waals surface area contributed by atoms with E-state index in [1.54, 1.807) is 0 Å². The predicted octanol–water partition coefficient (Wildman–Crippen LogP) is 4.76. The van der Waals surface area contributed by atoms with Crippen molar-refractivity contribution in [2.45, 2.75) is 19.3 Å². The highest BCUT2D eigenvalue weighted by atomic mass is 16.1. The summed E-state index contributed by atoms with van der Waals surface area (Å²) < 4.78 is 2.31. The van der Waals surface area contributed by atoms with Gasteiger partial charge in [-0.25, -0.2) is 0 Å². The molecular weight excluding hydrogens is 270 g/mol. The van der Waals surface area contributed by atoms with Gasteiger partial charge in [0.05, 0.1) is 11.0 Å². The summed E-state index contributed by atoms with van der Waals surface area (Å²) >= 11 is 0. The molecule has 1 aliphatic carbocycles. The lowest BCUT2D eigenvalue weighted by Gasteiger charge is -2.20. The summed E-state index contributed by atoms with van der Waals surface area (Å²) in [5.41, 5.74) is 4.54. The molecule has 0 unspecified atom stereocenters. The van der Waals surface area contributed by atoms with Crippen molar-refractivity contribution >= 4 is 33.0 Å². The van der Waals surface area contributed by atoms with Crippen molar-refractivity contribution in [1.29, 1.82) is 0 Å². The van der Waals surface area contributed by atoms with Gasteiger partial charge in [0.15, 0.2) is 5.78 Å². The number of carbonyl (C=O) groups excluding carboxylic acids is 1.